The predicted octanol–water partition coefficient (Wildman–Crippen LogP) is 3.68. The van der Waals surface area contributed by atoms with E-state index in [1.165, 1.54) is 20.5 Å². The van der Waals surface area contributed by atoms with Crippen molar-refractivity contribution in [2.75, 3.05) is 26.7 Å². The van der Waals surface area contributed by atoms with Crippen molar-refractivity contribution in [3.8, 4) is 5.75 Å². The second-order valence-corrected chi connectivity index (χ2v) is 8.05. The molecule has 1 saturated heterocycles. The number of β-amino-alcohol motifs (C(OH)–C–C–N with tert-alkyl or cyclic N) is 1. The Labute approximate surface area is 158 Å². The predicted molar refractivity (Wildman–Crippen MR) is 106 cm³/mol. The Bertz CT molecular complexity index is 902. The lowest BCUT2D eigenvalue weighted by Crippen LogP contribution is -2.51. The van der Waals surface area contributed by atoms with E-state index in [1.807, 2.05) is 29.7 Å². The SMILES string of the molecule is COc1cccnc1[C@H](C)c1c(CCN2CC(O)C2)sc2ccccc12. The van der Waals surface area contributed by atoms with Gasteiger partial charge in [0.15, 0.2) is 0 Å². The van der Waals surface area contributed by atoms with Gasteiger partial charge < -0.3 is 9.84 Å². The summed E-state index contributed by atoms with van der Waals surface area (Å²) in [5, 5.41) is 10.8. The quantitative estimate of drug-likeness (QED) is 0.721. The molecule has 3 heterocycles. The van der Waals surface area contributed by atoms with E-state index in [-0.39, 0.29) is 12.0 Å². The zero-order valence-electron chi connectivity index (χ0n) is 15.2. The third-order valence-electron chi connectivity index (χ3n) is 5.17. The number of methoxy groups -OCH3 is 1. The lowest BCUT2D eigenvalue weighted by molar-refractivity contribution is 0.00319. The summed E-state index contributed by atoms with van der Waals surface area (Å²) in [6.07, 6.45) is 2.69. The first-order valence-corrected chi connectivity index (χ1v) is 9.88. The highest BCUT2D eigenvalue weighted by atomic mass is 32.1. The number of thiophene rings is 1. The van der Waals surface area contributed by atoms with Crippen LogP contribution in [0, 0.1) is 0 Å². The third-order valence-corrected chi connectivity index (χ3v) is 6.41. The number of benzene rings is 1. The van der Waals surface area contributed by atoms with Crippen molar-refractivity contribution in [3.63, 3.8) is 0 Å². The molecule has 1 fully saturated rings. The van der Waals surface area contributed by atoms with Crippen molar-refractivity contribution in [1.82, 2.24) is 9.88 Å². The van der Waals surface area contributed by atoms with Crippen molar-refractivity contribution in [2.24, 2.45) is 0 Å². The number of rotatable bonds is 6. The number of ether oxygens (including phenoxy) is 1. The van der Waals surface area contributed by atoms with Gasteiger partial charge in [0.05, 0.1) is 18.9 Å². The lowest BCUT2D eigenvalue weighted by Gasteiger charge is -2.35. The molecule has 0 unspecified atom stereocenters. The van der Waals surface area contributed by atoms with Crippen LogP contribution >= 0.6 is 11.3 Å². The zero-order valence-corrected chi connectivity index (χ0v) is 16.0. The summed E-state index contributed by atoms with van der Waals surface area (Å²) >= 11 is 1.88. The van der Waals surface area contributed by atoms with E-state index in [2.05, 4.69) is 41.1 Å². The Morgan fingerprint density at radius 1 is 1.27 bits per heavy atom. The van der Waals surface area contributed by atoms with Crippen LogP contribution < -0.4 is 4.74 Å². The minimum absolute atomic E-state index is 0.145. The minimum Gasteiger partial charge on any atom is -0.495 e. The maximum Gasteiger partial charge on any atom is 0.140 e. The first kappa shape index (κ1) is 17.5. The van der Waals surface area contributed by atoms with Crippen molar-refractivity contribution >= 4 is 21.4 Å². The Balaban J connectivity index is 1.70. The molecule has 1 atom stereocenters. The van der Waals surface area contributed by atoms with Crippen LogP contribution in [0.5, 0.6) is 5.75 Å². The van der Waals surface area contributed by atoms with Gasteiger partial charge in [-0.05, 0) is 35.6 Å². The molecule has 0 bridgehead atoms. The lowest BCUT2D eigenvalue weighted by atomic mass is 9.92. The van der Waals surface area contributed by atoms with E-state index in [9.17, 15) is 5.11 Å². The molecule has 1 N–H and O–H groups in total. The molecule has 0 saturated carbocycles. The average Bonchev–Trinajstić information content (AvgIpc) is 3.02. The smallest absolute Gasteiger partial charge is 0.140 e. The van der Waals surface area contributed by atoms with Crippen molar-refractivity contribution in [2.45, 2.75) is 25.4 Å². The molecule has 4 nitrogen and oxygen atoms in total. The molecule has 5 heteroatoms. The molecule has 0 amide bonds. The van der Waals surface area contributed by atoms with Crippen LogP contribution in [0.2, 0.25) is 0 Å². The van der Waals surface area contributed by atoms with Crippen LogP contribution in [0.15, 0.2) is 42.6 Å². The molecule has 0 spiro atoms. The van der Waals surface area contributed by atoms with Crippen LogP contribution in [0.4, 0.5) is 0 Å². The van der Waals surface area contributed by atoms with Gasteiger partial charge in [0, 0.05) is 41.3 Å². The molecule has 136 valence electrons. The van der Waals surface area contributed by atoms with Gasteiger partial charge >= 0.3 is 0 Å². The van der Waals surface area contributed by atoms with E-state index in [1.54, 1.807) is 7.11 Å². The van der Waals surface area contributed by atoms with Crippen LogP contribution in [0.3, 0.4) is 0 Å². The van der Waals surface area contributed by atoms with Gasteiger partial charge in [-0.2, -0.15) is 0 Å². The van der Waals surface area contributed by atoms with Gasteiger partial charge in [-0.3, -0.25) is 9.88 Å². The maximum atomic E-state index is 9.52. The summed E-state index contributed by atoms with van der Waals surface area (Å²) in [7, 11) is 1.70. The molecule has 3 aromatic rings. The molecule has 2 aromatic heterocycles. The standard InChI is InChI=1S/C21H24N2O2S/c1-14(21-17(25-2)7-5-10-22-21)20-16-6-3-4-8-18(16)26-19(20)9-11-23-12-15(24)13-23/h3-8,10,14-15,24H,9,11-13H2,1-2H3/t14-/m1/s1. The summed E-state index contributed by atoms with van der Waals surface area (Å²) in [6.45, 7) is 4.80. The van der Waals surface area contributed by atoms with E-state index < -0.39 is 0 Å². The van der Waals surface area contributed by atoms with Crippen LogP contribution in [0.25, 0.3) is 10.1 Å². The molecule has 0 aliphatic carbocycles. The number of nitrogens with zero attached hydrogens (tertiary/aromatic N) is 2. The van der Waals surface area contributed by atoms with Crippen LogP contribution in [-0.2, 0) is 6.42 Å². The molecule has 1 aliphatic heterocycles. The number of hydrogen-bond donors (Lipinski definition) is 1. The fourth-order valence-corrected chi connectivity index (χ4v) is 5.09. The molecule has 0 radical (unpaired) electrons. The summed E-state index contributed by atoms with van der Waals surface area (Å²) in [6, 6.07) is 12.5. The van der Waals surface area contributed by atoms with Crippen molar-refractivity contribution < 1.29 is 9.84 Å². The molecule has 26 heavy (non-hydrogen) atoms. The largest absolute Gasteiger partial charge is 0.495 e. The summed E-state index contributed by atoms with van der Waals surface area (Å²) < 4.78 is 6.88. The van der Waals surface area contributed by atoms with Crippen molar-refractivity contribution in [1.29, 1.82) is 0 Å². The molecule has 1 aromatic carbocycles. The number of fused-ring (bicyclic) bond motifs is 1. The highest BCUT2D eigenvalue weighted by Crippen LogP contribution is 2.40. The fraction of sp³-hybridized carbons (Fsp3) is 0.381. The van der Waals surface area contributed by atoms with Crippen LogP contribution in [0.1, 0.15) is 29.0 Å². The third kappa shape index (κ3) is 3.22. The van der Waals surface area contributed by atoms with Gasteiger partial charge in [0.2, 0.25) is 0 Å². The molecular weight excluding hydrogens is 344 g/mol. The molecule has 1 aliphatic rings. The number of aliphatic hydroxyl groups is 1. The topological polar surface area (TPSA) is 45.6 Å². The normalized spacial score (nSPS) is 16.6. The first-order valence-electron chi connectivity index (χ1n) is 9.07. The highest BCUT2D eigenvalue weighted by Gasteiger charge is 2.26. The Morgan fingerprint density at radius 2 is 2.08 bits per heavy atom. The number of hydrogen-bond acceptors (Lipinski definition) is 5. The molecule has 4 rings (SSSR count). The summed E-state index contributed by atoms with van der Waals surface area (Å²) in [5.74, 6) is 1.01. The number of likely N-dealkylation sites (tertiary alicyclic amines) is 1. The van der Waals surface area contributed by atoms with Gasteiger partial charge in [0.25, 0.3) is 0 Å². The Kier molecular flexibility index (Phi) is 4.94. The van der Waals surface area contributed by atoms with Gasteiger partial charge in [0.1, 0.15) is 5.75 Å². The van der Waals surface area contributed by atoms with E-state index in [0.717, 1.165) is 37.5 Å². The van der Waals surface area contributed by atoms with Crippen LogP contribution in [-0.4, -0.2) is 47.8 Å². The number of pyridine rings is 1. The van der Waals surface area contributed by atoms with Gasteiger partial charge in [-0.1, -0.05) is 25.1 Å². The first-order chi connectivity index (χ1) is 12.7. The zero-order chi connectivity index (χ0) is 18.1. The van der Waals surface area contributed by atoms with Crippen molar-refractivity contribution in [3.05, 3.63) is 58.7 Å². The second kappa shape index (κ2) is 7.35. The maximum absolute atomic E-state index is 9.52. The number of aliphatic hydroxyl groups excluding tert-OH is 1. The monoisotopic (exact) mass is 368 g/mol. The fourth-order valence-electron chi connectivity index (χ4n) is 3.80. The Hall–Kier alpha value is -1.95. The highest BCUT2D eigenvalue weighted by molar-refractivity contribution is 7.19. The molecular formula is C21H24N2O2S. The Morgan fingerprint density at radius 3 is 2.85 bits per heavy atom. The van der Waals surface area contributed by atoms with E-state index >= 15 is 0 Å². The van der Waals surface area contributed by atoms with E-state index in [4.69, 9.17) is 4.74 Å². The van der Waals surface area contributed by atoms with E-state index in [0.29, 0.717) is 0 Å². The van der Waals surface area contributed by atoms with Gasteiger partial charge in [-0.15, -0.1) is 11.3 Å². The summed E-state index contributed by atoms with van der Waals surface area (Å²) in [5.41, 5.74) is 2.35. The van der Waals surface area contributed by atoms with Gasteiger partial charge in [-0.25, -0.2) is 0 Å². The second-order valence-electron chi connectivity index (χ2n) is 6.91. The average molecular weight is 369 g/mol. The number of aromatic nitrogens is 1. The minimum atomic E-state index is -0.145. The summed E-state index contributed by atoms with van der Waals surface area (Å²) in [4.78, 5) is 8.34.